The summed E-state index contributed by atoms with van der Waals surface area (Å²) in [4.78, 5) is 11.0. The van der Waals surface area contributed by atoms with E-state index in [1.54, 1.807) is 0 Å². The fourth-order valence-electron chi connectivity index (χ4n) is 2.41. The van der Waals surface area contributed by atoms with Crippen molar-refractivity contribution in [3.8, 4) is 5.75 Å². The van der Waals surface area contributed by atoms with E-state index in [1.165, 1.54) is 5.57 Å². The molecule has 0 unspecified atom stereocenters. The SMILES string of the molecule is O=Cc1cc2c(c(C3=CCOCC3)c1)OCC2. The summed E-state index contributed by atoms with van der Waals surface area (Å²) in [6, 6.07) is 3.85. The second-order valence-corrected chi connectivity index (χ2v) is 4.33. The summed E-state index contributed by atoms with van der Waals surface area (Å²) in [6.07, 6.45) is 4.77. The highest BCUT2D eigenvalue weighted by Gasteiger charge is 2.20. The van der Waals surface area contributed by atoms with Crippen molar-refractivity contribution in [3.63, 3.8) is 0 Å². The number of rotatable bonds is 2. The molecular formula is C14H14O3. The lowest BCUT2D eigenvalue weighted by atomic mass is 9.95. The lowest BCUT2D eigenvalue weighted by Gasteiger charge is -2.16. The predicted octanol–water partition coefficient (Wildman–Crippen LogP) is 2.24. The first-order chi connectivity index (χ1) is 8.38. The van der Waals surface area contributed by atoms with E-state index in [9.17, 15) is 4.79 Å². The molecular weight excluding hydrogens is 216 g/mol. The number of aldehydes is 1. The van der Waals surface area contributed by atoms with Crippen LogP contribution < -0.4 is 4.74 Å². The average Bonchev–Trinajstić information content (AvgIpc) is 2.86. The van der Waals surface area contributed by atoms with Gasteiger partial charge in [0.25, 0.3) is 0 Å². The number of fused-ring (bicyclic) bond motifs is 1. The van der Waals surface area contributed by atoms with E-state index in [2.05, 4.69) is 6.08 Å². The molecule has 2 aliphatic heterocycles. The molecule has 1 aromatic rings. The Morgan fingerprint density at radius 3 is 2.88 bits per heavy atom. The van der Waals surface area contributed by atoms with E-state index in [4.69, 9.17) is 9.47 Å². The first kappa shape index (κ1) is 10.5. The van der Waals surface area contributed by atoms with Crippen LogP contribution in [0, 0.1) is 0 Å². The zero-order chi connectivity index (χ0) is 11.7. The maximum Gasteiger partial charge on any atom is 0.150 e. The molecule has 0 aromatic heterocycles. The maximum absolute atomic E-state index is 11.0. The first-order valence-electron chi connectivity index (χ1n) is 5.90. The summed E-state index contributed by atoms with van der Waals surface area (Å²) < 4.78 is 11.0. The van der Waals surface area contributed by atoms with Gasteiger partial charge in [0.2, 0.25) is 0 Å². The highest BCUT2D eigenvalue weighted by Crippen LogP contribution is 2.36. The van der Waals surface area contributed by atoms with Gasteiger partial charge in [0.1, 0.15) is 12.0 Å². The highest BCUT2D eigenvalue weighted by atomic mass is 16.5. The number of ether oxygens (including phenoxy) is 2. The molecule has 0 atom stereocenters. The van der Waals surface area contributed by atoms with Crippen LogP contribution in [0.5, 0.6) is 5.75 Å². The van der Waals surface area contributed by atoms with Crippen molar-refractivity contribution < 1.29 is 14.3 Å². The van der Waals surface area contributed by atoms with Gasteiger partial charge in [-0.15, -0.1) is 0 Å². The second-order valence-electron chi connectivity index (χ2n) is 4.33. The number of carbonyl (C=O) groups is 1. The van der Waals surface area contributed by atoms with E-state index < -0.39 is 0 Å². The molecule has 0 saturated heterocycles. The molecule has 1 aromatic carbocycles. The van der Waals surface area contributed by atoms with Crippen LogP contribution in [0.3, 0.4) is 0 Å². The summed E-state index contributed by atoms with van der Waals surface area (Å²) in [5.74, 6) is 0.962. The van der Waals surface area contributed by atoms with Gasteiger partial charge in [-0.2, -0.15) is 0 Å². The topological polar surface area (TPSA) is 35.5 Å². The van der Waals surface area contributed by atoms with Crippen molar-refractivity contribution in [3.05, 3.63) is 34.9 Å². The molecule has 3 rings (SSSR count). The lowest BCUT2D eigenvalue weighted by Crippen LogP contribution is -2.05. The second kappa shape index (κ2) is 4.34. The van der Waals surface area contributed by atoms with Crippen molar-refractivity contribution in [1.29, 1.82) is 0 Å². The minimum atomic E-state index is 0.648. The van der Waals surface area contributed by atoms with E-state index in [1.807, 2.05) is 12.1 Å². The Hall–Kier alpha value is -1.61. The third-order valence-electron chi connectivity index (χ3n) is 3.25. The molecule has 3 heteroatoms. The molecule has 17 heavy (non-hydrogen) atoms. The smallest absolute Gasteiger partial charge is 0.150 e. The molecule has 0 fully saturated rings. The molecule has 0 N–H and O–H groups in total. The molecule has 0 amide bonds. The molecule has 0 spiro atoms. The van der Waals surface area contributed by atoms with Gasteiger partial charge in [-0.1, -0.05) is 6.08 Å². The van der Waals surface area contributed by atoms with Crippen molar-refractivity contribution in [1.82, 2.24) is 0 Å². The quantitative estimate of drug-likeness (QED) is 0.731. The standard InChI is InChI=1S/C14H14O3/c15-9-10-7-12-3-6-17-14(12)13(8-10)11-1-4-16-5-2-11/h1,7-9H,2-6H2. The monoisotopic (exact) mass is 230 g/mol. The Bertz CT molecular complexity index is 488. The Labute approximate surface area is 100 Å². The van der Waals surface area contributed by atoms with Crippen LogP contribution in [0.1, 0.15) is 27.9 Å². The number of hydrogen-bond donors (Lipinski definition) is 0. The molecule has 0 bridgehead atoms. The van der Waals surface area contributed by atoms with Crippen molar-refractivity contribution in [2.75, 3.05) is 19.8 Å². The first-order valence-corrected chi connectivity index (χ1v) is 5.90. The minimum Gasteiger partial charge on any atom is -0.492 e. The average molecular weight is 230 g/mol. The summed E-state index contributed by atoms with van der Waals surface area (Å²) in [7, 11) is 0. The Morgan fingerprint density at radius 2 is 2.12 bits per heavy atom. The Kier molecular flexibility index (Phi) is 2.69. The molecule has 2 aliphatic rings. The van der Waals surface area contributed by atoms with Crippen molar-refractivity contribution >= 4 is 11.9 Å². The third-order valence-corrected chi connectivity index (χ3v) is 3.25. The summed E-state index contributed by atoms with van der Waals surface area (Å²) >= 11 is 0. The van der Waals surface area contributed by atoms with Gasteiger partial charge in [0.05, 0.1) is 19.8 Å². The van der Waals surface area contributed by atoms with E-state index in [0.29, 0.717) is 13.2 Å². The molecule has 0 radical (unpaired) electrons. The van der Waals surface area contributed by atoms with Crippen LogP contribution in [0.25, 0.3) is 5.57 Å². The number of hydrogen-bond acceptors (Lipinski definition) is 3. The van der Waals surface area contributed by atoms with Crippen LogP contribution in [-0.2, 0) is 11.2 Å². The molecule has 0 aliphatic carbocycles. The number of carbonyl (C=O) groups excluding carboxylic acids is 1. The van der Waals surface area contributed by atoms with Gasteiger partial charge in [-0.3, -0.25) is 4.79 Å². The van der Waals surface area contributed by atoms with Gasteiger partial charge in [0.15, 0.2) is 0 Å². The normalized spacial score (nSPS) is 18.2. The minimum absolute atomic E-state index is 0.648. The lowest BCUT2D eigenvalue weighted by molar-refractivity contribution is 0.112. The van der Waals surface area contributed by atoms with Crippen molar-refractivity contribution in [2.24, 2.45) is 0 Å². The summed E-state index contributed by atoms with van der Waals surface area (Å²) in [6.45, 7) is 2.11. The highest BCUT2D eigenvalue weighted by molar-refractivity contribution is 5.82. The Balaban J connectivity index is 2.11. The predicted molar refractivity (Wildman–Crippen MR) is 64.4 cm³/mol. The van der Waals surface area contributed by atoms with Gasteiger partial charge in [-0.05, 0) is 29.7 Å². The molecule has 88 valence electrons. The zero-order valence-electron chi connectivity index (χ0n) is 9.57. The van der Waals surface area contributed by atoms with Crippen LogP contribution in [0.4, 0.5) is 0 Å². The van der Waals surface area contributed by atoms with E-state index >= 15 is 0 Å². The molecule has 2 heterocycles. The van der Waals surface area contributed by atoms with Gasteiger partial charge in [0, 0.05) is 17.5 Å². The van der Waals surface area contributed by atoms with Gasteiger partial charge < -0.3 is 9.47 Å². The van der Waals surface area contributed by atoms with Gasteiger partial charge in [-0.25, -0.2) is 0 Å². The third kappa shape index (κ3) is 1.87. The fraction of sp³-hybridized carbons (Fsp3) is 0.357. The Morgan fingerprint density at radius 1 is 1.18 bits per heavy atom. The van der Waals surface area contributed by atoms with Crippen LogP contribution in [-0.4, -0.2) is 26.1 Å². The summed E-state index contributed by atoms with van der Waals surface area (Å²) in [5.41, 5.74) is 4.19. The van der Waals surface area contributed by atoms with Crippen molar-refractivity contribution in [2.45, 2.75) is 12.8 Å². The number of benzene rings is 1. The van der Waals surface area contributed by atoms with E-state index in [0.717, 1.165) is 48.2 Å². The molecule has 0 saturated carbocycles. The van der Waals surface area contributed by atoms with Crippen LogP contribution in [0.15, 0.2) is 18.2 Å². The maximum atomic E-state index is 11.0. The largest absolute Gasteiger partial charge is 0.492 e. The molecule has 3 nitrogen and oxygen atoms in total. The van der Waals surface area contributed by atoms with Crippen LogP contribution >= 0.6 is 0 Å². The summed E-state index contributed by atoms with van der Waals surface area (Å²) in [5, 5.41) is 0. The van der Waals surface area contributed by atoms with Gasteiger partial charge >= 0.3 is 0 Å². The van der Waals surface area contributed by atoms with E-state index in [-0.39, 0.29) is 0 Å². The van der Waals surface area contributed by atoms with Crippen LogP contribution in [0.2, 0.25) is 0 Å². The zero-order valence-corrected chi connectivity index (χ0v) is 9.57. The fourth-order valence-corrected chi connectivity index (χ4v) is 2.41.